The predicted octanol–water partition coefficient (Wildman–Crippen LogP) is 3.21. The SMILES string of the molecule is O=C(c1nccs1)N1CCN([C@@H]2CC(=O)N(c3ccc4c(c3)CCN4c3cc(C(F)(F)F)ncn3)C2)CC1. The van der Waals surface area contributed by atoms with Gasteiger partial charge in [-0.3, -0.25) is 14.5 Å². The van der Waals surface area contributed by atoms with E-state index in [1.165, 1.54) is 11.3 Å². The van der Waals surface area contributed by atoms with E-state index in [4.69, 9.17) is 0 Å². The number of carbonyl (C=O) groups excluding carboxylic acids is 2. The summed E-state index contributed by atoms with van der Waals surface area (Å²) in [5, 5.41) is 2.29. The molecule has 5 heterocycles. The lowest BCUT2D eigenvalue weighted by molar-refractivity contribution is -0.141. The second-order valence-corrected chi connectivity index (χ2v) is 10.4. The lowest BCUT2D eigenvalue weighted by atomic mass is 10.1. The van der Waals surface area contributed by atoms with Crippen LogP contribution in [0.15, 0.2) is 42.2 Å². The minimum atomic E-state index is -4.54. The van der Waals surface area contributed by atoms with E-state index in [0.717, 1.165) is 29.3 Å². The number of halogens is 3. The number of anilines is 3. The molecule has 2 amide bonds. The summed E-state index contributed by atoms with van der Waals surface area (Å²) in [5.74, 6) is 0.188. The molecular weight excluding hydrogens is 519 g/mol. The molecule has 3 aliphatic heterocycles. The number of piperazine rings is 1. The number of alkyl halides is 3. The summed E-state index contributed by atoms with van der Waals surface area (Å²) in [6.45, 7) is 3.63. The van der Waals surface area contributed by atoms with Gasteiger partial charge in [0.25, 0.3) is 5.91 Å². The Balaban J connectivity index is 1.12. The fourth-order valence-corrected chi connectivity index (χ4v) is 5.98. The summed E-state index contributed by atoms with van der Waals surface area (Å²) in [4.78, 5) is 44.7. The molecule has 0 radical (unpaired) electrons. The Bertz CT molecular complexity index is 1360. The Kier molecular flexibility index (Phi) is 6.26. The molecule has 2 saturated heterocycles. The number of thiazole rings is 1. The highest BCUT2D eigenvalue weighted by atomic mass is 32.1. The Morgan fingerprint density at radius 2 is 1.82 bits per heavy atom. The van der Waals surface area contributed by atoms with E-state index >= 15 is 0 Å². The first-order valence-corrected chi connectivity index (χ1v) is 13.2. The second kappa shape index (κ2) is 9.62. The number of nitrogens with zero attached hydrogens (tertiary/aromatic N) is 7. The van der Waals surface area contributed by atoms with Crippen LogP contribution in [-0.2, 0) is 17.4 Å². The summed E-state index contributed by atoms with van der Waals surface area (Å²) in [6.07, 6.45) is -0.939. The summed E-state index contributed by atoms with van der Waals surface area (Å²) >= 11 is 1.34. The third kappa shape index (κ3) is 4.60. The molecule has 6 rings (SSSR count). The van der Waals surface area contributed by atoms with Crippen molar-refractivity contribution in [1.29, 1.82) is 0 Å². The first-order chi connectivity index (χ1) is 18.3. The van der Waals surface area contributed by atoms with Crippen molar-refractivity contribution in [2.45, 2.75) is 25.1 Å². The largest absolute Gasteiger partial charge is 0.433 e. The molecule has 0 spiro atoms. The lowest BCUT2D eigenvalue weighted by Gasteiger charge is -2.37. The highest BCUT2D eigenvalue weighted by molar-refractivity contribution is 7.11. The standard InChI is InChI=1S/C25H24F3N7O2S/c26-25(27,28)20-13-21(31-15-30-20)34-5-3-16-11-17(1-2-19(16)34)35-14-18(12-22(35)36)32-6-8-33(9-7-32)24(37)23-29-4-10-38-23/h1-2,4,10-11,13,15,18H,3,5-9,12,14H2/t18-/m1/s1. The number of carbonyl (C=O) groups is 2. The Labute approximate surface area is 220 Å². The van der Waals surface area contributed by atoms with Crippen LogP contribution < -0.4 is 9.80 Å². The molecule has 3 aromatic rings. The number of hydrogen-bond acceptors (Lipinski definition) is 8. The van der Waals surface area contributed by atoms with Crippen LogP contribution in [0.2, 0.25) is 0 Å². The van der Waals surface area contributed by atoms with Gasteiger partial charge in [-0.05, 0) is 30.2 Å². The molecule has 0 aliphatic carbocycles. The monoisotopic (exact) mass is 543 g/mol. The maximum Gasteiger partial charge on any atom is 0.433 e. The van der Waals surface area contributed by atoms with Gasteiger partial charge in [-0.25, -0.2) is 15.0 Å². The zero-order chi connectivity index (χ0) is 26.4. The van der Waals surface area contributed by atoms with Crippen molar-refractivity contribution in [3.8, 4) is 0 Å². The fraction of sp³-hybridized carbons (Fsp3) is 0.400. The number of benzene rings is 1. The molecule has 1 atom stereocenters. The molecule has 0 N–H and O–H groups in total. The van der Waals surface area contributed by atoms with Crippen LogP contribution in [0.4, 0.5) is 30.4 Å². The van der Waals surface area contributed by atoms with Crippen molar-refractivity contribution in [2.24, 2.45) is 0 Å². The number of amides is 2. The third-order valence-electron chi connectivity index (χ3n) is 7.33. The van der Waals surface area contributed by atoms with Crippen molar-refractivity contribution < 1.29 is 22.8 Å². The van der Waals surface area contributed by atoms with Crippen LogP contribution in [0.3, 0.4) is 0 Å². The molecule has 0 unspecified atom stereocenters. The molecule has 0 bridgehead atoms. The fourth-order valence-electron chi connectivity index (χ4n) is 5.38. The van der Waals surface area contributed by atoms with Gasteiger partial charge in [-0.15, -0.1) is 11.3 Å². The Morgan fingerprint density at radius 3 is 2.55 bits per heavy atom. The van der Waals surface area contributed by atoms with Gasteiger partial charge in [-0.1, -0.05) is 0 Å². The average molecular weight is 544 g/mol. The quantitative estimate of drug-likeness (QED) is 0.500. The molecule has 1 aromatic carbocycles. The molecule has 38 heavy (non-hydrogen) atoms. The molecule has 198 valence electrons. The summed E-state index contributed by atoms with van der Waals surface area (Å²) in [5.41, 5.74) is 1.55. The van der Waals surface area contributed by atoms with Gasteiger partial charge in [0.15, 0.2) is 5.01 Å². The highest BCUT2D eigenvalue weighted by Crippen LogP contribution is 2.38. The van der Waals surface area contributed by atoms with Crippen molar-refractivity contribution in [1.82, 2.24) is 24.8 Å². The van der Waals surface area contributed by atoms with Gasteiger partial charge in [0.1, 0.15) is 17.8 Å². The van der Waals surface area contributed by atoms with E-state index in [9.17, 15) is 22.8 Å². The van der Waals surface area contributed by atoms with Gasteiger partial charge in [-0.2, -0.15) is 13.2 Å². The van der Waals surface area contributed by atoms with Gasteiger partial charge in [0.05, 0.1) is 0 Å². The van der Waals surface area contributed by atoms with Crippen LogP contribution >= 0.6 is 11.3 Å². The third-order valence-corrected chi connectivity index (χ3v) is 8.09. The van der Waals surface area contributed by atoms with Crippen molar-refractivity contribution in [3.05, 3.63) is 58.4 Å². The van der Waals surface area contributed by atoms with Crippen molar-refractivity contribution >= 4 is 40.3 Å². The number of rotatable bonds is 4. The minimum absolute atomic E-state index is 0.0386. The summed E-state index contributed by atoms with van der Waals surface area (Å²) in [6, 6.07) is 6.66. The number of fused-ring (bicyclic) bond motifs is 1. The number of aromatic nitrogens is 3. The van der Waals surface area contributed by atoms with Gasteiger partial charge in [0.2, 0.25) is 5.91 Å². The van der Waals surface area contributed by atoms with Gasteiger partial charge >= 0.3 is 6.18 Å². The first kappa shape index (κ1) is 24.7. The van der Waals surface area contributed by atoms with Gasteiger partial charge in [0, 0.05) is 80.7 Å². The van der Waals surface area contributed by atoms with Crippen LogP contribution in [0.1, 0.15) is 27.5 Å². The highest BCUT2D eigenvalue weighted by Gasteiger charge is 2.37. The van der Waals surface area contributed by atoms with Gasteiger partial charge < -0.3 is 14.7 Å². The lowest BCUT2D eigenvalue weighted by Crippen LogP contribution is -2.52. The van der Waals surface area contributed by atoms with E-state index in [-0.39, 0.29) is 23.7 Å². The van der Waals surface area contributed by atoms with Crippen molar-refractivity contribution in [3.63, 3.8) is 0 Å². The van der Waals surface area contributed by atoms with E-state index in [2.05, 4.69) is 19.9 Å². The Hall–Kier alpha value is -3.58. The average Bonchev–Trinajstić information content (AvgIpc) is 3.68. The van der Waals surface area contributed by atoms with Crippen molar-refractivity contribution in [2.75, 3.05) is 49.1 Å². The van der Waals surface area contributed by atoms with Crippen LogP contribution in [0.5, 0.6) is 0 Å². The predicted molar refractivity (Wildman–Crippen MR) is 135 cm³/mol. The summed E-state index contributed by atoms with van der Waals surface area (Å²) in [7, 11) is 0. The zero-order valence-corrected chi connectivity index (χ0v) is 21.1. The summed E-state index contributed by atoms with van der Waals surface area (Å²) < 4.78 is 39.4. The van der Waals surface area contributed by atoms with Crippen LogP contribution in [0.25, 0.3) is 0 Å². The molecule has 2 fully saturated rings. The van der Waals surface area contributed by atoms with E-state index in [0.29, 0.717) is 57.1 Å². The van der Waals surface area contributed by atoms with E-state index in [1.807, 2.05) is 23.1 Å². The molecule has 0 saturated carbocycles. The topological polar surface area (TPSA) is 85.8 Å². The maximum atomic E-state index is 13.1. The number of hydrogen-bond donors (Lipinski definition) is 0. The van der Waals surface area contributed by atoms with E-state index < -0.39 is 11.9 Å². The maximum absolute atomic E-state index is 13.1. The van der Waals surface area contributed by atoms with E-state index in [1.54, 1.807) is 21.4 Å². The molecular formula is C25H24F3N7O2S. The normalized spacial score (nSPS) is 20.3. The minimum Gasteiger partial charge on any atom is -0.334 e. The van der Waals surface area contributed by atoms with Crippen LogP contribution in [-0.4, -0.2) is 81.9 Å². The molecule has 9 nitrogen and oxygen atoms in total. The molecule has 2 aromatic heterocycles. The smallest absolute Gasteiger partial charge is 0.334 e. The first-order valence-electron chi connectivity index (χ1n) is 12.3. The second-order valence-electron chi connectivity index (χ2n) is 9.50. The molecule has 13 heteroatoms. The molecule has 3 aliphatic rings. The zero-order valence-electron chi connectivity index (χ0n) is 20.3. The Morgan fingerprint density at radius 1 is 1.00 bits per heavy atom. The van der Waals surface area contributed by atoms with Crippen LogP contribution in [0, 0.1) is 0 Å².